The van der Waals surface area contributed by atoms with Crippen molar-refractivity contribution in [2.24, 2.45) is 0 Å². The van der Waals surface area contributed by atoms with Gasteiger partial charge in [-0.05, 0) is 35.9 Å². The van der Waals surface area contributed by atoms with Gasteiger partial charge in [0.05, 0.1) is 22.4 Å². The third-order valence-electron chi connectivity index (χ3n) is 7.37. The normalized spacial score (nSPS) is 17.9. The Morgan fingerprint density at radius 3 is 2.37 bits per heavy atom. The van der Waals surface area contributed by atoms with Crippen LogP contribution in [0.3, 0.4) is 0 Å². The second-order valence-electron chi connectivity index (χ2n) is 11.3. The van der Waals surface area contributed by atoms with E-state index in [2.05, 4.69) is 0 Å². The first-order chi connectivity index (χ1) is 19.4. The number of benzene rings is 2. The van der Waals surface area contributed by atoms with E-state index in [-0.39, 0.29) is 35.8 Å². The Morgan fingerprint density at radius 1 is 1.05 bits per heavy atom. The molecule has 216 valence electrons. The van der Waals surface area contributed by atoms with E-state index < -0.39 is 10.7 Å². The van der Waals surface area contributed by atoms with Crippen molar-refractivity contribution in [1.29, 1.82) is 0 Å². The van der Waals surface area contributed by atoms with Gasteiger partial charge in [-0.2, -0.15) is 5.10 Å². The molecular formula is C30H33ClFN5O3S. The van der Waals surface area contributed by atoms with Crippen molar-refractivity contribution in [3.8, 4) is 5.69 Å². The fourth-order valence-electron chi connectivity index (χ4n) is 5.30. The number of rotatable bonds is 4. The molecule has 0 radical (unpaired) electrons. The SMILES string of the molecule is CC(=O)N1CCN(C(=O)CN2C(=O)CS[C@H](c3cccc(F)c3)c3c(C(C)(C)C)nn(-c4cccc(Cl)c4)c32)CC1. The van der Waals surface area contributed by atoms with Crippen LogP contribution < -0.4 is 4.90 Å². The van der Waals surface area contributed by atoms with E-state index in [1.54, 1.807) is 32.7 Å². The van der Waals surface area contributed by atoms with Crippen molar-refractivity contribution in [1.82, 2.24) is 19.6 Å². The Bertz CT molecular complexity index is 1500. The predicted octanol–water partition coefficient (Wildman–Crippen LogP) is 4.82. The average molecular weight is 598 g/mol. The van der Waals surface area contributed by atoms with Gasteiger partial charge in [0, 0.05) is 49.1 Å². The van der Waals surface area contributed by atoms with Crippen molar-refractivity contribution in [3.63, 3.8) is 0 Å². The molecule has 1 saturated heterocycles. The third kappa shape index (κ3) is 5.99. The van der Waals surface area contributed by atoms with E-state index in [4.69, 9.17) is 16.7 Å². The molecule has 0 spiro atoms. The first-order valence-electron chi connectivity index (χ1n) is 13.5. The molecule has 5 rings (SSSR count). The molecule has 1 atom stereocenters. The minimum absolute atomic E-state index is 0.0232. The van der Waals surface area contributed by atoms with Crippen LogP contribution in [0.15, 0.2) is 48.5 Å². The first-order valence-corrected chi connectivity index (χ1v) is 15.0. The fourth-order valence-corrected chi connectivity index (χ4v) is 6.67. The summed E-state index contributed by atoms with van der Waals surface area (Å²) >= 11 is 7.78. The summed E-state index contributed by atoms with van der Waals surface area (Å²) in [6.45, 7) is 9.16. The Kier molecular flexibility index (Phi) is 8.16. The van der Waals surface area contributed by atoms with Crippen LogP contribution in [0.4, 0.5) is 10.2 Å². The third-order valence-corrected chi connectivity index (χ3v) is 8.86. The standard InChI is InChI=1S/C30H33ClFN5O3S/c1-19(38)34-11-13-35(14-12-34)24(39)17-36-25(40)18-41-27(20-7-5-9-22(32)15-20)26-28(30(2,3)4)33-37(29(26)36)23-10-6-8-21(31)16-23/h5-10,15-16,27H,11-14,17-18H2,1-4H3/t27-/m1/s1. The summed E-state index contributed by atoms with van der Waals surface area (Å²) in [5.41, 5.74) is 2.44. The number of anilines is 1. The number of amides is 3. The highest BCUT2D eigenvalue weighted by Gasteiger charge is 2.40. The van der Waals surface area contributed by atoms with Gasteiger partial charge < -0.3 is 9.80 Å². The second-order valence-corrected chi connectivity index (χ2v) is 12.9. The molecule has 3 heterocycles. The molecule has 3 amide bonds. The molecule has 0 saturated carbocycles. The molecular weight excluding hydrogens is 565 g/mol. The molecule has 0 N–H and O–H groups in total. The van der Waals surface area contributed by atoms with Crippen LogP contribution in [0.2, 0.25) is 5.02 Å². The maximum absolute atomic E-state index is 14.5. The number of nitrogens with zero attached hydrogens (tertiary/aromatic N) is 5. The van der Waals surface area contributed by atoms with E-state index in [0.29, 0.717) is 48.3 Å². The maximum Gasteiger partial charge on any atom is 0.242 e. The van der Waals surface area contributed by atoms with E-state index in [0.717, 1.165) is 11.3 Å². The second kappa shape index (κ2) is 11.5. The lowest BCUT2D eigenvalue weighted by Crippen LogP contribution is -2.53. The van der Waals surface area contributed by atoms with Crippen molar-refractivity contribution < 1.29 is 18.8 Å². The molecule has 41 heavy (non-hydrogen) atoms. The molecule has 0 aliphatic carbocycles. The van der Waals surface area contributed by atoms with Crippen LogP contribution >= 0.6 is 23.4 Å². The predicted molar refractivity (Wildman–Crippen MR) is 159 cm³/mol. The summed E-state index contributed by atoms with van der Waals surface area (Å²) in [5.74, 6) is -0.258. The number of hydrogen-bond donors (Lipinski definition) is 0. The van der Waals surface area contributed by atoms with Gasteiger partial charge in [0.2, 0.25) is 17.7 Å². The van der Waals surface area contributed by atoms with Gasteiger partial charge in [0.15, 0.2) is 0 Å². The van der Waals surface area contributed by atoms with Crippen LogP contribution in [-0.2, 0) is 19.8 Å². The average Bonchev–Trinajstić information content (AvgIpc) is 3.26. The largest absolute Gasteiger partial charge is 0.339 e. The minimum atomic E-state index is -0.438. The summed E-state index contributed by atoms with van der Waals surface area (Å²) in [5, 5.41) is 5.14. The maximum atomic E-state index is 14.5. The number of aromatic nitrogens is 2. The highest BCUT2D eigenvalue weighted by Crippen LogP contribution is 2.48. The highest BCUT2D eigenvalue weighted by atomic mass is 35.5. The molecule has 2 aliphatic rings. The molecule has 1 aromatic heterocycles. The Labute approximate surface area is 248 Å². The van der Waals surface area contributed by atoms with Gasteiger partial charge in [-0.25, -0.2) is 9.07 Å². The molecule has 11 heteroatoms. The first kappa shape index (κ1) is 29.1. The Morgan fingerprint density at radius 2 is 1.73 bits per heavy atom. The monoisotopic (exact) mass is 597 g/mol. The summed E-state index contributed by atoms with van der Waals surface area (Å²) in [6, 6.07) is 13.6. The van der Waals surface area contributed by atoms with Crippen molar-refractivity contribution >= 4 is 46.9 Å². The van der Waals surface area contributed by atoms with Crippen LogP contribution in [0.1, 0.15) is 49.8 Å². The fraction of sp³-hybridized carbons (Fsp3) is 0.400. The lowest BCUT2D eigenvalue weighted by atomic mass is 9.87. The molecule has 0 bridgehead atoms. The Balaban J connectivity index is 1.66. The van der Waals surface area contributed by atoms with Crippen molar-refractivity contribution in [2.75, 3.05) is 43.4 Å². The van der Waals surface area contributed by atoms with Gasteiger partial charge in [0.1, 0.15) is 18.2 Å². The van der Waals surface area contributed by atoms with Crippen LogP contribution in [0, 0.1) is 5.82 Å². The lowest BCUT2D eigenvalue weighted by molar-refractivity contribution is -0.137. The summed E-state index contributed by atoms with van der Waals surface area (Å²) < 4.78 is 16.2. The van der Waals surface area contributed by atoms with Crippen molar-refractivity contribution in [3.05, 3.63) is 76.2 Å². The van der Waals surface area contributed by atoms with Crippen LogP contribution in [0.5, 0.6) is 0 Å². The van der Waals surface area contributed by atoms with Crippen LogP contribution in [-0.4, -0.2) is 75.8 Å². The van der Waals surface area contributed by atoms with E-state index in [1.165, 1.54) is 35.7 Å². The number of piperazine rings is 1. The molecule has 8 nitrogen and oxygen atoms in total. The number of hydrogen-bond acceptors (Lipinski definition) is 5. The number of carbonyl (C=O) groups is 3. The highest BCUT2D eigenvalue weighted by molar-refractivity contribution is 8.00. The Hall–Kier alpha value is -3.37. The molecule has 2 aliphatic heterocycles. The zero-order chi connectivity index (χ0) is 29.5. The summed E-state index contributed by atoms with van der Waals surface area (Å²) in [6.07, 6.45) is 0. The zero-order valence-corrected chi connectivity index (χ0v) is 25.1. The smallest absolute Gasteiger partial charge is 0.242 e. The van der Waals surface area contributed by atoms with Gasteiger partial charge >= 0.3 is 0 Å². The molecule has 0 unspecified atom stereocenters. The summed E-state index contributed by atoms with van der Waals surface area (Å²) in [4.78, 5) is 44.2. The number of thioether (sulfide) groups is 1. The van der Waals surface area contributed by atoms with Gasteiger partial charge in [-0.1, -0.05) is 50.6 Å². The topological polar surface area (TPSA) is 78.8 Å². The molecule has 1 fully saturated rings. The quantitative estimate of drug-likeness (QED) is 0.431. The van der Waals surface area contributed by atoms with Gasteiger partial charge in [-0.3, -0.25) is 19.3 Å². The van der Waals surface area contributed by atoms with E-state index in [9.17, 15) is 18.8 Å². The number of fused-ring (bicyclic) bond motifs is 1. The lowest BCUT2D eigenvalue weighted by Gasteiger charge is -2.35. The number of carbonyl (C=O) groups excluding carboxylic acids is 3. The molecule has 2 aromatic carbocycles. The molecule has 3 aromatic rings. The van der Waals surface area contributed by atoms with Gasteiger partial charge in [-0.15, -0.1) is 11.8 Å². The van der Waals surface area contributed by atoms with E-state index in [1.807, 2.05) is 39.0 Å². The van der Waals surface area contributed by atoms with E-state index >= 15 is 0 Å². The van der Waals surface area contributed by atoms with Crippen molar-refractivity contribution in [2.45, 2.75) is 38.4 Å². The summed E-state index contributed by atoms with van der Waals surface area (Å²) in [7, 11) is 0. The van der Waals surface area contributed by atoms with Crippen LogP contribution in [0.25, 0.3) is 5.69 Å². The number of halogens is 2. The van der Waals surface area contributed by atoms with Gasteiger partial charge in [0.25, 0.3) is 0 Å². The minimum Gasteiger partial charge on any atom is -0.339 e. The zero-order valence-electron chi connectivity index (χ0n) is 23.6.